The van der Waals surface area contributed by atoms with Gasteiger partial charge in [0.1, 0.15) is 5.82 Å². The van der Waals surface area contributed by atoms with Gasteiger partial charge >= 0.3 is 0 Å². The summed E-state index contributed by atoms with van der Waals surface area (Å²) in [5, 5.41) is 13.3. The number of hydrogen-bond acceptors (Lipinski definition) is 3. The Morgan fingerprint density at radius 2 is 1.63 bits per heavy atom. The van der Waals surface area contributed by atoms with Crippen LogP contribution in [0.25, 0.3) is 0 Å². The normalized spacial score (nSPS) is 9.95. The summed E-state index contributed by atoms with van der Waals surface area (Å²) in [5.74, 6) is -2.35. The van der Waals surface area contributed by atoms with Crippen LogP contribution in [0.1, 0.15) is 20.7 Å². The maximum absolute atomic E-state index is 12.7. The van der Waals surface area contributed by atoms with Crippen molar-refractivity contribution >= 4 is 17.6 Å². The van der Waals surface area contributed by atoms with Crippen LogP contribution in [0.4, 0.5) is 10.1 Å². The summed E-state index contributed by atoms with van der Waals surface area (Å²) in [7, 11) is 0. The highest BCUT2D eigenvalue weighted by Gasteiger charge is 2.09. The maximum Gasteiger partial charge on any atom is 0.255 e. The van der Waals surface area contributed by atoms with E-state index in [4.69, 9.17) is 0 Å². The molecule has 0 radical (unpaired) electrons. The van der Waals surface area contributed by atoms with Crippen molar-refractivity contribution in [2.24, 2.45) is 0 Å². The first kappa shape index (κ1) is 12.8. The van der Waals surface area contributed by atoms with Crippen molar-refractivity contribution in [3.8, 4) is 0 Å². The number of anilines is 1. The summed E-state index contributed by atoms with van der Waals surface area (Å²) in [6.07, 6.45) is 0. The molecular formula is C14H9FNO3-. The fourth-order valence-electron chi connectivity index (χ4n) is 1.57. The van der Waals surface area contributed by atoms with Crippen molar-refractivity contribution in [3.05, 3.63) is 65.5 Å². The number of benzene rings is 2. The first-order chi connectivity index (χ1) is 9.08. The Morgan fingerprint density at radius 1 is 1.00 bits per heavy atom. The van der Waals surface area contributed by atoms with E-state index in [2.05, 4.69) is 5.32 Å². The number of amides is 1. The molecule has 1 amide bonds. The number of rotatable bonds is 3. The van der Waals surface area contributed by atoms with Crippen LogP contribution in [0.15, 0.2) is 48.5 Å². The minimum absolute atomic E-state index is 0.113. The minimum atomic E-state index is -1.38. The van der Waals surface area contributed by atoms with Crippen LogP contribution in [0.5, 0.6) is 0 Å². The summed E-state index contributed by atoms with van der Waals surface area (Å²) in [5.41, 5.74) is 0.254. The standard InChI is InChI=1S/C14H10FNO3/c15-10-7-5-9(6-8-10)13(17)16-12-4-2-1-3-11(12)14(18)19/h1-8H,(H,16,17)(H,18,19)/p-1. The molecule has 96 valence electrons. The number of nitrogens with one attached hydrogen (secondary N) is 1. The molecule has 1 N–H and O–H groups in total. The SMILES string of the molecule is O=C(Nc1ccccc1C(=O)[O-])c1ccc(F)cc1. The Labute approximate surface area is 108 Å². The molecule has 5 heteroatoms. The lowest BCUT2D eigenvalue weighted by Crippen LogP contribution is -2.24. The predicted octanol–water partition coefficient (Wildman–Crippen LogP) is 1.44. The molecule has 0 spiro atoms. The van der Waals surface area contributed by atoms with Gasteiger partial charge in [0, 0.05) is 11.1 Å². The third kappa shape index (κ3) is 2.95. The van der Waals surface area contributed by atoms with E-state index in [1.807, 2.05) is 0 Å². The van der Waals surface area contributed by atoms with Crippen molar-refractivity contribution in [3.63, 3.8) is 0 Å². The highest BCUT2D eigenvalue weighted by Crippen LogP contribution is 2.15. The van der Waals surface area contributed by atoms with Gasteiger partial charge in [-0.05, 0) is 30.3 Å². The van der Waals surface area contributed by atoms with Gasteiger partial charge in [-0.25, -0.2) is 4.39 Å². The Morgan fingerprint density at radius 3 is 2.26 bits per heavy atom. The molecule has 0 aliphatic carbocycles. The molecule has 0 bridgehead atoms. The predicted molar refractivity (Wildman–Crippen MR) is 65.1 cm³/mol. The molecule has 2 rings (SSSR count). The fraction of sp³-hybridized carbons (Fsp3) is 0. The third-order valence-electron chi connectivity index (χ3n) is 2.50. The van der Waals surface area contributed by atoms with Crippen molar-refractivity contribution in [2.45, 2.75) is 0 Å². The molecule has 19 heavy (non-hydrogen) atoms. The molecular weight excluding hydrogens is 249 g/mol. The van der Waals surface area contributed by atoms with Crippen LogP contribution in [0, 0.1) is 5.82 Å². The first-order valence-corrected chi connectivity index (χ1v) is 5.45. The fourth-order valence-corrected chi connectivity index (χ4v) is 1.57. The smallest absolute Gasteiger partial charge is 0.255 e. The van der Waals surface area contributed by atoms with Gasteiger partial charge in [-0.15, -0.1) is 0 Å². The molecule has 0 aliphatic rings. The summed E-state index contributed by atoms with van der Waals surface area (Å²) >= 11 is 0. The van der Waals surface area contributed by atoms with Crippen molar-refractivity contribution < 1.29 is 19.1 Å². The summed E-state index contributed by atoms with van der Waals surface area (Å²) in [4.78, 5) is 22.7. The zero-order valence-electron chi connectivity index (χ0n) is 9.72. The van der Waals surface area contributed by atoms with E-state index in [9.17, 15) is 19.1 Å². The van der Waals surface area contributed by atoms with Gasteiger partial charge in [0.05, 0.1) is 11.7 Å². The average Bonchev–Trinajstić information content (AvgIpc) is 2.39. The summed E-state index contributed by atoms with van der Waals surface area (Å²) in [6.45, 7) is 0. The molecule has 0 saturated carbocycles. The van der Waals surface area contributed by atoms with Crippen LogP contribution in [0.3, 0.4) is 0 Å². The van der Waals surface area contributed by atoms with Crippen LogP contribution in [-0.2, 0) is 0 Å². The lowest BCUT2D eigenvalue weighted by atomic mass is 10.1. The molecule has 0 aliphatic heterocycles. The molecule has 0 fully saturated rings. The first-order valence-electron chi connectivity index (χ1n) is 5.45. The van der Waals surface area contributed by atoms with Gasteiger partial charge in [-0.3, -0.25) is 4.79 Å². The second kappa shape index (κ2) is 5.30. The third-order valence-corrected chi connectivity index (χ3v) is 2.50. The van der Waals surface area contributed by atoms with Gasteiger partial charge in [0.25, 0.3) is 5.91 Å². The van der Waals surface area contributed by atoms with E-state index in [0.717, 1.165) is 12.1 Å². The maximum atomic E-state index is 12.7. The van der Waals surface area contributed by atoms with Gasteiger partial charge in [0.2, 0.25) is 0 Å². The van der Waals surface area contributed by atoms with Gasteiger partial charge < -0.3 is 15.2 Å². The second-order valence-corrected chi connectivity index (χ2v) is 3.79. The second-order valence-electron chi connectivity index (χ2n) is 3.79. The average molecular weight is 258 g/mol. The molecule has 4 nitrogen and oxygen atoms in total. The number of para-hydroxylation sites is 1. The van der Waals surface area contributed by atoms with E-state index in [0.29, 0.717) is 0 Å². The van der Waals surface area contributed by atoms with Crippen LogP contribution >= 0.6 is 0 Å². The molecule has 0 atom stereocenters. The number of hydrogen-bond donors (Lipinski definition) is 1. The quantitative estimate of drug-likeness (QED) is 0.905. The van der Waals surface area contributed by atoms with Gasteiger partial charge in [0.15, 0.2) is 0 Å². The molecule has 2 aromatic rings. The Hall–Kier alpha value is -2.69. The molecule has 0 aromatic heterocycles. The lowest BCUT2D eigenvalue weighted by molar-refractivity contribution is -0.254. The molecule has 2 aromatic carbocycles. The van der Waals surface area contributed by atoms with Crippen molar-refractivity contribution in [2.75, 3.05) is 5.32 Å². The number of carboxylic acid groups (broad SMARTS) is 1. The van der Waals surface area contributed by atoms with Crippen molar-refractivity contribution in [1.29, 1.82) is 0 Å². The molecule has 0 saturated heterocycles. The number of carbonyl (C=O) groups excluding carboxylic acids is 2. The monoisotopic (exact) mass is 258 g/mol. The van der Waals surface area contributed by atoms with Gasteiger partial charge in [-0.2, -0.15) is 0 Å². The number of carbonyl (C=O) groups is 2. The summed E-state index contributed by atoms with van der Waals surface area (Å²) in [6, 6.07) is 10.8. The zero-order valence-corrected chi connectivity index (χ0v) is 9.72. The molecule has 0 unspecified atom stereocenters. The number of halogens is 1. The Balaban J connectivity index is 2.24. The van der Waals surface area contributed by atoms with Crippen LogP contribution in [0.2, 0.25) is 0 Å². The van der Waals surface area contributed by atoms with Crippen LogP contribution < -0.4 is 10.4 Å². The van der Waals surface area contributed by atoms with Crippen LogP contribution in [-0.4, -0.2) is 11.9 Å². The van der Waals surface area contributed by atoms with Gasteiger partial charge in [-0.1, -0.05) is 18.2 Å². The summed E-state index contributed by atoms with van der Waals surface area (Å²) < 4.78 is 12.7. The van der Waals surface area contributed by atoms with E-state index < -0.39 is 17.7 Å². The largest absolute Gasteiger partial charge is 0.545 e. The highest BCUT2D eigenvalue weighted by atomic mass is 19.1. The zero-order chi connectivity index (χ0) is 13.8. The topological polar surface area (TPSA) is 69.2 Å². The van der Waals surface area contributed by atoms with E-state index >= 15 is 0 Å². The van der Waals surface area contributed by atoms with E-state index in [-0.39, 0.29) is 16.8 Å². The van der Waals surface area contributed by atoms with Crippen molar-refractivity contribution in [1.82, 2.24) is 0 Å². The number of carboxylic acids is 1. The Bertz CT molecular complexity index is 623. The van der Waals surface area contributed by atoms with E-state index in [1.165, 1.54) is 30.3 Å². The van der Waals surface area contributed by atoms with E-state index in [1.54, 1.807) is 6.07 Å². The Kier molecular flexibility index (Phi) is 3.56. The molecule has 0 heterocycles. The number of aromatic carboxylic acids is 1. The minimum Gasteiger partial charge on any atom is -0.545 e. The lowest BCUT2D eigenvalue weighted by Gasteiger charge is -2.11. The highest BCUT2D eigenvalue weighted by molar-refractivity contribution is 6.07.